The second-order valence-electron chi connectivity index (χ2n) is 4.14. The van der Waals surface area contributed by atoms with Gasteiger partial charge in [-0.3, -0.25) is 0 Å². The lowest BCUT2D eigenvalue weighted by molar-refractivity contribution is 0.0691. The summed E-state index contributed by atoms with van der Waals surface area (Å²) in [5.41, 5.74) is 1.28. The van der Waals surface area contributed by atoms with Gasteiger partial charge in [0, 0.05) is 16.1 Å². The van der Waals surface area contributed by atoms with Crippen molar-refractivity contribution < 1.29 is 9.90 Å². The van der Waals surface area contributed by atoms with Crippen LogP contribution in [-0.2, 0) is 0 Å². The Morgan fingerprint density at radius 1 is 1.44 bits per heavy atom. The molecule has 0 spiro atoms. The van der Waals surface area contributed by atoms with Gasteiger partial charge in [-0.2, -0.15) is 0 Å². The number of hydrogen-bond donors (Lipinski definition) is 1. The molecule has 0 saturated carbocycles. The fourth-order valence-corrected chi connectivity index (χ4v) is 2.10. The first-order valence-corrected chi connectivity index (χ1v) is 6.24. The maximum Gasteiger partial charge on any atom is 0.358 e. The van der Waals surface area contributed by atoms with Gasteiger partial charge in [-0.25, -0.2) is 9.48 Å². The number of carbonyl (C=O) groups is 1. The van der Waals surface area contributed by atoms with Crippen molar-refractivity contribution in [3.63, 3.8) is 0 Å². The van der Waals surface area contributed by atoms with Crippen LogP contribution in [0.2, 0.25) is 0 Å². The van der Waals surface area contributed by atoms with Crippen molar-refractivity contribution >= 4 is 21.9 Å². The highest BCUT2D eigenvalue weighted by Crippen LogP contribution is 2.27. The molecule has 0 aliphatic heterocycles. The zero-order valence-electron chi connectivity index (χ0n) is 9.96. The molecule has 0 saturated heterocycles. The van der Waals surface area contributed by atoms with Crippen LogP contribution in [0.15, 0.2) is 28.7 Å². The topological polar surface area (TPSA) is 68.0 Å². The molecule has 6 heteroatoms. The van der Waals surface area contributed by atoms with Gasteiger partial charge in [0.05, 0.1) is 0 Å². The lowest BCUT2D eigenvalue weighted by Crippen LogP contribution is -2.07. The highest BCUT2D eigenvalue weighted by Gasteiger charge is 2.21. The van der Waals surface area contributed by atoms with E-state index in [1.807, 2.05) is 38.1 Å². The summed E-state index contributed by atoms with van der Waals surface area (Å²) in [5.74, 6) is -1.07. The van der Waals surface area contributed by atoms with E-state index in [0.29, 0.717) is 5.69 Å². The fraction of sp³-hybridized carbons (Fsp3) is 0.250. The summed E-state index contributed by atoms with van der Waals surface area (Å²) in [7, 11) is 0. The molecule has 0 aliphatic rings. The van der Waals surface area contributed by atoms with Crippen molar-refractivity contribution in [1.29, 1.82) is 0 Å². The second kappa shape index (κ2) is 4.89. The van der Waals surface area contributed by atoms with Crippen LogP contribution in [0.3, 0.4) is 0 Å². The molecule has 2 rings (SSSR count). The van der Waals surface area contributed by atoms with E-state index in [1.54, 1.807) is 4.68 Å². The first-order valence-electron chi connectivity index (χ1n) is 5.45. The summed E-state index contributed by atoms with van der Waals surface area (Å²) in [4.78, 5) is 11.2. The Balaban J connectivity index is 2.67. The Kier molecular flexibility index (Phi) is 3.47. The minimum absolute atomic E-state index is 0.0261. The normalized spacial score (nSPS) is 10.9. The van der Waals surface area contributed by atoms with Gasteiger partial charge in [0.2, 0.25) is 0 Å². The van der Waals surface area contributed by atoms with Crippen molar-refractivity contribution in [2.24, 2.45) is 0 Å². The molecular weight excluding hydrogens is 298 g/mol. The molecule has 0 unspecified atom stereocenters. The molecule has 5 nitrogen and oxygen atoms in total. The maximum absolute atomic E-state index is 11.2. The quantitative estimate of drug-likeness (QED) is 0.946. The van der Waals surface area contributed by atoms with Crippen molar-refractivity contribution in [2.75, 3.05) is 0 Å². The lowest BCUT2D eigenvalue weighted by atomic mass is 10.1. The average molecular weight is 310 g/mol. The smallest absolute Gasteiger partial charge is 0.358 e. The minimum Gasteiger partial charge on any atom is -0.476 e. The molecule has 1 aromatic heterocycles. The SMILES string of the molecule is CC(C)n1nnc(C(=O)O)c1-c1cccc(Br)c1. The van der Waals surface area contributed by atoms with Gasteiger partial charge in [0.25, 0.3) is 0 Å². The Bertz CT molecular complexity index is 593. The van der Waals surface area contributed by atoms with Crippen LogP contribution in [0.1, 0.15) is 30.4 Å². The van der Waals surface area contributed by atoms with E-state index in [-0.39, 0.29) is 11.7 Å². The van der Waals surface area contributed by atoms with E-state index in [0.717, 1.165) is 10.0 Å². The summed E-state index contributed by atoms with van der Waals surface area (Å²) in [6, 6.07) is 7.47. The Hall–Kier alpha value is -1.69. The van der Waals surface area contributed by atoms with Gasteiger partial charge < -0.3 is 5.11 Å². The summed E-state index contributed by atoms with van der Waals surface area (Å²) in [5, 5.41) is 16.8. The number of rotatable bonds is 3. The highest BCUT2D eigenvalue weighted by atomic mass is 79.9. The number of aromatic nitrogens is 3. The van der Waals surface area contributed by atoms with E-state index in [2.05, 4.69) is 26.2 Å². The molecule has 1 N–H and O–H groups in total. The molecule has 18 heavy (non-hydrogen) atoms. The molecule has 94 valence electrons. The summed E-state index contributed by atoms with van der Waals surface area (Å²) < 4.78 is 2.50. The summed E-state index contributed by atoms with van der Waals surface area (Å²) >= 11 is 3.37. The molecule has 0 radical (unpaired) electrons. The molecule has 0 amide bonds. The molecule has 0 bridgehead atoms. The number of carboxylic acid groups (broad SMARTS) is 1. The van der Waals surface area contributed by atoms with Gasteiger partial charge in [-0.15, -0.1) is 5.10 Å². The first kappa shape index (κ1) is 12.8. The van der Waals surface area contributed by atoms with Crippen LogP contribution in [0.25, 0.3) is 11.3 Å². The zero-order chi connectivity index (χ0) is 13.3. The Morgan fingerprint density at radius 2 is 2.17 bits per heavy atom. The predicted molar refractivity (Wildman–Crippen MR) is 70.5 cm³/mol. The van der Waals surface area contributed by atoms with E-state index in [1.165, 1.54) is 0 Å². The fourth-order valence-electron chi connectivity index (χ4n) is 1.70. The first-order chi connectivity index (χ1) is 8.50. The van der Waals surface area contributed by atoms with Gasteiger partial charge in [-0.05, 0) is 26.0 Å². The van der Waals surface area contributed by atoms with E-state index in [4.69, 9.17) is 5.11 Å². The molecular formula is C12H12BrN3O2. The largest absolute Gasteiger partial charge is 0.476 e. The minimum atomic E-state index is -1.07. The van der Waals surface area contributed by atoms with Crippen LogP contribution in [0, 0.1) is 0 Å². The zero-order valence-corrected chi connectivity index (χ0v) is 11.5. The van der Waals surface area contributed by atoms with Crippen LogP contribution >= 0.6 is 15.9 Å². The highest BCUT2D eigenvalue weighted by molar-refractivity contribution is 9.10. The number of hydrogen-bond acceptors (Lipinski definition) is 3. The van der Waals surface area contributed by atoms with Gasteiger partial charge in [0.1, 0.15) is 5.69 Å². The van der Waals surface area contributed by atoms with Crippen LogP contribution < -0.4 is 0 Å². The molecule has 0 atom stereocenters. The van der Waals surface area contributed by atoms with Crippen molar-refractivity contribution in [1.82, 2.24) is 15.0 Å². The number of aromatic carboxylic acids is 1. The molecule has 1 heterocycles. The molecule has 1 aromatic carbocycles. The van der Waals surface area contributed by atoms with Crippen molar-refractivity contribution in [3.8, 4) is 11.3 Å². The molecule has 2 aromatic rings. The number of carboxylic acids is 1. The Morgan fingerprint density at radius 3 is 2.72 bits per heavy atom. The summed E-state index contributed by atoms with van der Waals surface area (Å²) in [6.07, 6.45) is 0. The van der Waals surface area contributed by atoms with Gasteiger partial charge in [-0.1, -0.05) is 33.3 Å². The maximum atomic E-state index is 11.2. The van der Waals surface area contributed by atoms with E-state index < -0.39 is 5.97 Å². The lowest BCUT2D eigenvalue weighted by Gasteiger charge is -2.10. The van der Waals surface area contributed by atoms with E-state index in [9.17, 15) is 4.79 Å². The van der Waals surface area contributed by atoms with Crippen LogP contribution in [0.5, 0.6) is 0 Å². The number of nitrogens with zero attached hydrogens (tertiary/aromatic N) is 3. The second-order valence-corrected chi connectivity index (χ2v) is 5.06. The van der Waals surface area contributed by atoms with Gasteiger partial charge >= 0.3 is 5.97 Å². The third-order valence-corrected chi connectivity index (χ3v) is 2.98. The van der Waals surface area contributed by atoms with Gasteiger partial charge in [0.15, 0.2) is 5.69 Å². The standard InChI is InChI=1S/C12H12BrN3O2/c1-7(2)16-11(10(12(17)18)14-15-16)8-4-3-5-9(13)6-8/h3-7H,1-2H3,(H,17,18). The number of benzene rings is 1. The Labute approximate surface area is 113 Å². The third kappa shape index (κ3) is 2.28. The third-order valence-electron chi connectivity index (χ3n) is 2.48. The number of halogens is 1. The average Bonchev–Trinajstić information content (AvgIpc) is 2.73. The predicted octanol–water partition coefficient (Wildman–Crippen LogP) is 2.99. The van der Waals surface area contributed by atoms with Crippen molar-refractivity contribution in [2.45, 2.75) is 19.9 Å². The van der Waals surface area contributed by atoms with Crippen LogP contribution in [0.4, 0.5) is 0 Å². The molecule has 0 aliphatic carbocycles. The molecule has 0 fully saturated rings. The monoisotopic (exact) mass is 309 g/mol. The van der Waals surface area contributed by atoms with Crippen LogP contribution in [-0.4, -0.2) is 26.1 Å². The van der Waals surface area contributed by atoms with E-state index >= 15 is 0 Å². The van der Waals surface area contributed by atoms with Crippen molar-refractivity contribution in [3.05, 3.63) is 34.4 Å². The summed E-state index contributed by atoms with van der Waals surface area (Å²) in [6.45, 7) is 3.86.